The Bertz CT molecular complexity index is 601. The van der Waals surface area contributed by atoms with Crippen molar-refractivity contribution in [1.29, 1.82) is 0 Å². The van der Waals surface area contributed by atoms with E-state index in [0.717, 1.165) is 0 Å². The van der Waals surface area contributed by atoms with Crippen molar-refractivity contribution in [2.75, 3.05) is 18.5 Å². The summed E-state index contributed by atoms with van der Waals surface area (Å²) in [6.45, 7) is 6.13. The van der Waals surface area contributed by atoms with Crippen molar-refractivity contribution in [2.24, 2.45) is 5.92 Å². The van der Waals surface area contributed by atoms with Gasteiger partial charge in [-0.25, -0.2) is 0 Å². The molecule has 0 saturated carbocycles. The molecule has 0 aliphatic carbocycles. The molecule has 0 aliphatic heterocycles. The first-order valence-corrected chi connectivity index (χ1v) is 8.54. The molecule has 1 rings (SSSR count). The number of ether oxygens (including phenoxy) is 1. The molecule has 8 heteroatoms. The van der Waals surface area contributed by atoms with Crippen molar-refractivity contribution < 1.29 is 24.2 Å². The molecule has 1 aromatic carbocycles. The molecule has 26 heavy (non-hydrogen) atoms. The molecular weight excluding hydrogens is 338 g/mol. The summed E-state index contributed by atoms with van der Waals surface area (Å²) in [5.41, 5.74) is 0.640. The van der Waals surface area contributed by atoms with E-state index >= 15 is 0 Å². The van der Waals surface area contributed by atoms with Gasteiger partial charge < -0.3 is 25.8 Å². The average Bonchev–Trinajstić information content (AvgIpc) is 2.56. The lowest BCUT2D eigenvalue weighted by molar-refractivity contribution is -0.137. The van der Waals surface area contributed by atoms with Crippen LogP contribution < -0.4 is 20.7 Å². The molecule has 8 nitrogen and oxygen atoms in total. The van der Waals surface area contributed by atoms with E-state index in [4.69, 9.17) is 9.84 Å². The SMILES string of the molecule is CC(=O)NC(Nc1ccc(OCCCC(=O)O)cc1)C(=O)NCC(C)C. The molecule has 4 N–H and O–H groups in total. The Kier molecular flexibility index (Phi) is 8.97. The van der Waals surface area contributed by atoms with Gasteiger partial charge in [-0.2, -0.15) is 0 Å². The van der Waals surface area contributed by atoms with Crippen molar-refractivity contribution in [2.45, 2.75) is 39.8 Å². The third-order valence-electron chi connectivity index (χ3n) is 3.26. The highest BCUT2D eigenvalue weighted by molar-refractivity contribution is 5.88. The summed E-state index contributed by atoms with van der Waals surface area (Å²) in [5.74, 6) is -0.591. The van der Waals surface area contributed by atoms with Gasteiger partial charge in [-0.1, -0.05) is 13.8 Å². The van der Waals surface area contributed by atoms with Crippen LogP contribution in [0.25, 0.3) is 0 Å². The van der Waals surface area contributed by atoms with Crippen LogP contribution in [0.15, 0.2) is 24.3 Å². The molecule has 1 aromatic rings. The number of hydrogen-bond donors (Lipinski definition) is 4. The van der Waals surface area contributed by atoms with Crippen molar-refractivity contribution in [3.05, 3.63) is 24.3 Å². The number of amides is 2. The third kappa shape index (κ3) is 8.91. The van der Waals surface area contributed by atoms with E-state index < -0.39 is 12.1 Å². The lowest BCUT2D eigenvalue weighted by Gasteiger charge is -2.21. The van der Waals surface area contributed by atoms with E-state index in [9.17, 15) is 14.4 Å². The van der Waals surface area contributed by atoms with Crippen LogP contribution in [0, 0.1) is 5.92 Å². The molecular formula is C18H27N3O5. The normalized spacial score (nSPS) is 11.5. The number of anilines is 1. The molecule has 0 saturated heterocycles. The van der Waals surface area contributed by atoms with Gasteiger partial charge in [-0.15, -0.1) is 0 Å². The summed E-state index contributed by atoms with van der Waals surface area (Å²) in [7, 11) is 0. The van der Waals surface area contributed by atoms with Gasteiger partial charge in [0.25, 0.3) is 5.91 Å². The fraction of sp³-hybridized carbons (Fsp3) is 0.500. The second-order valence-electron chi connectivity index (χ2n) is 6.29. The Morgan fingerprint density at radius 3 is 2.35 bits per heavy atom. The summed E-state index contributed by atoms with van der Waals surface area (Å²) in [6, 6.07) is 6.86. The van der Waals surface area contributed by atoms with Crippen molar-refractivity contribution in [3.63, 3.8) is 0 Å². The Morgan fingerprint density at radius 2 is 1.81 bits per heavy atom. The molecule has 0 bridgehead atoms. The Hall–Kier alpha value is -2.77. The number of carbonyl (C=O) groups excluding carboxylic acids is 2. The highest BCUT2D eigenvalue weighted by Gasteiger charge is 2.19. The number of aliphatic carboxylic acids is 1. The highest BCUT2D eigenvalue weighted by atomic mass is 16.5. The van der Waals surface area contributed by atoms with Crippen LogP contribution in [0.2, 0.25) is 0 Å². The van der Waals surface area contributed by atoms with Crippen LogP contribution in [0.4, 0.5) is 5.69 Å². The smallest absolute Gasteiger partial charge is 0.303 e. The predicted octanol–water partition coefficient (Wildman–Crippen LogP) is 1.58. The summed E-state index contributed by atoms with van der Waals surface area (Å²) < 4.78 is 5.45. The molecule has 1 unspecified atom stereocenters. The zero-order chi connectivity index (χ0) is 19.5. The van der Waals surface area contributed by atoms with Crippen LogP contribution in [0.3, 0.4) is 0 Å². The van der Waals surface area contributed by atoms with Crippen LogP contribution in [0.5, 0.6) is 5.75 Å². The Labute approximate surface area is 153 Å². The third-order valence-corrected chi connectivity index (χ3v) is 3.26. The first kappa shape index (κ1) is 21.3. The van der Waals surface area contributed by atoms with Gasteiger partial charge in [-0.05, 0) is 36.6 Å². The van der Waals surface area contributed by atoms with E-state index in [2.05, 4.69) is 16.0 Å². The topological polar surface area (TPSA) is 117 Å². The number of benzene rings is 1. The maximum atomic E-state index is 12.2. The van der Waals surface area contributed by atoms with Gasteiger partial charge >= 0.3 is 5.97 Å². The Balaban J connectivity index is 2.59. The zero-order valence-corrected chi connectivity index (χ0v) is 15.4. The fourth-order valence-corrected chi connectivity index (χ4v) is 2.00. The van der Waals surface area contributed by atoms with Gasteiger partial charge in [0.05, 0.1) is 6.61 Å². The van der Waals surface area contributed by atoms with Gasteiger partial charge in [-0.3, -0.25) is 14.4 Å². The van der Waals surface area contributed by atoms with Gasteiger partial charge in [0.2, 0.25) is 5.91 Å². The molecule has 0 spiro atoms. The predicted molar refractivity (Wildman–Crippen MR) is 97.9 cm³/mol. The standard InChI is InChI=1S/C18H27N3O5/c1-12(2)11-19-18(25)17(20-13(3)22)21-14-6-8-15(9-7-14)26-10-4-5-16(23)24/h6-9,12,17,21H,4-5,10-11H2,1-3H3,(H,19,25)(H,20,22)(H,23,24). The van der Waals surface area contributed by atoms with Crippen molar-refractivity contribution in [3.8, 4) is 5.75 Å². The number of hydrogen-bond acceptors (Lipinski definition) is 5. The lowest BCUT2D eigenvalue weighted by Crippen LogP contribution is -2.51. The molecule has 0 aromatic heterocycles. The lowest BCUT2D eigenvalue weighted by atomic mass is 10.2. The quantitative estimate of drug-likeness (QED) is 0.349. The number of rotatable bonds is 11. The minimum Gasteiger partial charge on any atom is -0.494 e. The van der Waals surface area contributed by atoms with E-state index in [1.807, 2.05) is 13.8 Å². The minimum absolute atomic E-state index is 0.0591. The maximum Gasteiger partial charge on any atom is 0.303 e. The van der Waals surface area contributed by atoms with Crippen molar-refractivity contribution >= 4 is 23.5 Å². The molecule has 2 amide bonds. The van der Waals surface area contributed by atoms with E-state index in [0.29, 0.717) is 36.9 Å². The largest absolute Gasteiger partial charge is 0.494 e. The second kappa shape index (κ2) is 11.0. The molecule has 0 heterocycles. The zero-order valence-electron chi connectivity index (χ0n) is 15.4. The molecule has 1 atom stereocenters. The number of nitrogens with one attached hydrogen (secondary N) is 3. The van der Waals surface area contributed by atoms with Gasteiger partial charge in [0.15, 0.2) is 6.17 Å². The highest BCUT2D eigenvalue weighted by Crippen LogP contribution is 2.16. The minimum atomic E-state index is -0.881. The average molecular weight is 365 g/mol. The summed E-state index contributed by atoms with van der Waals surface area (Å²) in [6.07, 6.45) is -0.395. The number of carboxylic acid groups (broad SMARTS) is 1. The van der Waals surface area contributed by atoms with Crippen LogP contribution in [0.1, 0.15) is 33.6 Å². The molecule has 0 fully saturated rings. The van der Waals surface area contributed by atoms with Crippen LogP contribution in [-0.2, 0) is 14.4 Å². The van der Waals surface area contributed by atoms with Crippen molar-refractivity contribution in [1.82, 2.24) is 10.6 Å². The number of carbonyl (C=O) groups is 3. The molecule has 144 valence electrons. The monoisotopic (exact) mass is 365 g/mol. The van der Waals surface area contributed by atoms with Crippen LogP contribution >= 0.6 is 0 Å². The van der Waals surface area contributed by atoms with Gasteiger partial charge in [0, 0.05) is 25.6 Å². The molecule has 0 radical (unpaired) electrons. The summed E-state index contributed by atoms with van der Waals surface area (Å²) in [4.78, 5) is 34.0. The first-order valence-electron chi connectivity index (χ1n) is 8.54. The van der Waals surface area contributed by atoms with E-state index in [1.165, 1.54) is 6.92 Å². The van der Waals surface area contributed by atoms with E-state index in [-0.39, 0.29) is 18.2 Å². The maximum absolute atomic E-state index is 12.2. The van der Waals surface area contributed by atoms with E-state index in [1.54, 1.807) is 24.3 Å². The summed E-state index contributed by atoms with van der Waals surface area (Å²) >= 11 is 0. The van der Waals surface area contributed by atoms with Gasteiger partial charge in [0.1, 0.15) is 5.75 Å². The number of carboxylic acids is 1. The molecule has 0 aliphatic rings. The Morgan fingerprint density at radius 1 is 1.15 bits per heavy atom. The first-order chi connectivity index (χ1) is 12.3. The second-order valence-corrected chi connectivity index (χ2v) is 6.29. The summed E-state index contributed by atoms with van der Waals surface area (Å²) in [5, 5.41) is 16.9. The van der Waals surface area contributed by atoms with Crippen LogP contribution in [-0.4, -0.2) is 42.2 Å². The fourth-order valence-electron chi connectivity index (χ4n) is 2.00.